The number of hydrogen-bond acceptors (Lipinski definition) is 3. The van der Waals surface area contributed by atoms with Crippen molar-refractivity contribution in [3.05, 3.63) is 11.3 Å². The van der Waals surface area contributed by atoms with Crippen LogP contribution in [-0.2, 0) is 9.53 Å². The van der Waals surface area contributed by atoms with Gasteiger partial charge in [0.25, 0.3) is 0 Å². The normalized spacial score (nSPS) is 12.2. The lowest BCUT2D eigenvalue weighted by Crippen LogP contribution is -2.13. The monoisotopic (exact) mass is 199 g/mol. The summed E-state index contributed by atoms with van der Waals surface area (Å²) in [6.07, 6.45) is 3.79. The molecule has 0 atom stereocenters. The van der Waals surface area contributed by atoms with Crippen molar-refractivity contribution >= 4 is 5.97 Å². The number of ether oxygens (including phenoxy) is 1. The summed E-state index contributed by atoms with van der Waals surface area (Å²) < 4.78 is 5.08. The van der Waals surface area contributed by atoms with E-state index in [1.54, 1.807) is 6.92 Å². The van der Waals surface area contributed by atoms with E-state index in [2.05, 4.69) is 6.92 Å². The van der Waals surface area contributed by atoms with Crippen molar-refractivity contribution in [1.82, 2.24) is 0 Å². The molecule has 0 radical (unpaired) electrons. The lowest BCUT2D eigenvalue weighted by molar-refractivity contribution is -0.139. The summed E-state index contributed by atoms with van der Waals surface area (Å²) in [5, 5.41) is 0. The molecule has 0 saturated heterocycles. The summed E-state index contributed by atoms with van der Waals surface area (Å²) in [6, 6.07) is 0. The fourth-order valence-electron chi connectivity index (χ4n) is 1.19. The van der Waals surface area contributed by atoms with E-state index in [9.17, 15) is 4.79 Å². The minimum absolute atomic E-state index is 0.261. The van der Waals surface area contributed by atoms with E-state index in [4.69, 9.17) is 10.5 Å². The van der Waals surface area contributed by atoms with Gasteiger partial charge in [-0.3, -0.25) is 0 Å². The Hall–Kier alpha value is -0.990. The highest BCUT2D eigenvalue weighted by Gasteiger charge is 2.10. The Bertz CT molecular complexity index is 205. The van der Waals surface area contributed by atoms with Gasteiger partial charge in [0.15, 0.2) is 0 Å². The minimum Gasteiger partial charge on any atom is -0.462 e. The highest BCUT2D eigenvalue weighted by molar-refractivity contribution is 5.88. The van der Waals surface area contributed by atoms with E-state index in [0.717, 1.165) is 19.3 Å². The van der Waals surface area contributed by atoms with Gasteiger partial charge in [-0.25, -0.2) is 4.79 Å². The third kappa shape index (κ3) is 4.90. The van der Waals surface area contributed by atoms with Crippen LogP contribution in [0.15, 0.2) is 11.3 Å². The van der Waals surface area contributed by atoms with Crippen LogP contribution < -0.4 is 5.73 Å². The molecular weight excluding hydrogens is 178 g/mol. The maximum atomic E-state index is 11.4. The Balaban J connectivity index is 3.89. The van der Waals surface area contributed by atoms with Crippen LogP contribution in [-0.4, -0.2) is 12.6 Å². The number of carbonyl (C=O) groups excluding carboxylic acids is 1. The zero-order valence-corrected chi connectivity index (χ0v) is 9.43. The summed E-state index contributed by atoms with van der Waals surface area (Å²) in [4.78, 5) is 11.4. The molecule has 0 saturated carbocycles. The van der Waals surface area contributed by atoms with Gasteiger partial charge in [-0.2, -0.15) is 0 Å². The molecule has 0 aromatic rings. The molecular formula is C11H21NO2. The minimum atomic E-state index is -0.261. The molecule has 0 spiro atoms. The van der Waals surface area contributed by atoms with Crippen molar-refractivity contribution in [1.29, 1.82) is 0 Å². The molecule has 3 nitrogen and oxygen atoms in total. The molecule has 0 rings (SSSR count). The molecule has 0 aliphatic heterocycles. The van der Waals surface area contributed by atoms with Crippen LogP contribution in [0, 0.1) is 0 Å². The standard InChI is InChI=1S/C11H21NO2/c1-4-6-7-8-14-11(13)10(5-2)9(3)12/h4-8,12H2,1-3H3/b10-9+. The Labute approximate surface area is 86.3 Å². The second kappa shape index (κ2) is 7.42. The smallest absolute Gasteiger partial charge is 0.335 e. The Morgan fingerprint density at radius 2 is 1.93 bits per heavy atom. The van der Waals surface area contributed by atoms with Crippen molar-refractivity contribution in [3.8, 4) is 0 Å². The summed E-state index contributed by atoms with van der Waals surface area (Å²) in [5.41, 5.74) is 6.72. The fourth-order valence-corrected chi connectivity index (χ4v) is 1.19. The van der Waals surface area contributed by atoms with Crippen LogP contribution >= 0.6 is 0 Å². The van der Waals surface area contributed by atoms with Crippen LogP contribution in [0.4, 0.5) is 0 Å². The molecule has 2 N–H and O–H groups in total. The number of esters is 1. The van der Waals surface area contributed by atoms with E-state index < -0.39 is 0 Å². The van der Waals surface area contributed by atoms with Crippen LogP contribution in [0.1, 0.15) is 46.5 Å². The summed E-state index contributed by atoms with van der Waals surface area (Å²) >= 11 is 0. The average Bonchev–Trinajstić information content (AvgIpc) is 2.13. The van der Waals surface area contributed by atoms with Gasteiger partial charge in [-0.15, -0.1) is 0 Å². The lowest BCUT2D eigenvalue weighted by Gasteiger charge is -2.07. The zero-order valence-electron chi connectivity index (χ0n) is 9.43. The summed E-state index contributed by atoms with van der Waals surface area (Å²) in [5.74, 6) is -0.261. The molecule has 0 amide bonds. The first kappa shape index (κ1) is 13.0. The molecule has 0 heterocycles. The predicted molar refractivity (Wildman–Crippen MR) is 57.7 cm³/mol. The molecule has 0 aromatic carbocycles. The van der Waals surface area contributed by atoms with Gasteiger partial charge in [0.05, 0.1) is 12.2 Å². The zero-order chi connectivity index (χ0) is 11.0. The van der Waals surface area contributed by atoms with Gasteiger partial charge in [0.2, 0.25) is 0 Å². The summed E-state index contributed by atoms with van der Waals surface area (Å²) in [6.45, 7) is 6.25. The number of carbonyl (C=O) groups is 1. The first-order valence-corrected chi connectivity index (χ1v) is 5.25. The van der Waals surface area contributed by atoms with E-state index in [0.29, 0.717) is 24.3 Å². The molecule has 0 aliphatic carbocycles. The Kier molecular flexibility index (Phi) is 6.89. The van der Waals surface area contributed by atoms with Gasteiger partial charge in [-0.05, 0) is 19.8 Å². The van der Waals surface area contributed by atoms with Crippen molar-refractivity contribution in [2.45, 2.75) is 46.5 Å². The van der Waals surface area contributed by atoms with Crippen LogP contribution in [0.25, 0.3) is 0 Å². The van der Waals surface area contributed by atoms with E-state index >= 15 is 0 Å². The van der Waals surface area contributed by atoms with Gasteiger partial charge in [0, 0.05) is 5.70 Å². The van der Waals surface area contributed by atoms with Crippen molar-refractivity contribution < 1.29 is 9.53 Å². The van der Waals surface area contributed by atoms with Crippen molar-refractivity contribution in [3.63, 3.8) is 0 Å². The lowest BCUT2D eigenvalue weighted by atomic mass is 10.1. The highest BCUT2D eigenvalue weighted by atomic mass is 16.5. The van der Waals surface area contributed by atoms with E-state index in [1.165, 1.54) is 0 Å². The molecule has 0 bridgehead atoms. The Morgan fingerprint density at radius 3 is 2.36 bits per heavy atom. The maximum absolute atomic E-state index is 11.4. The maximum Gasteiger partial charge on any atom is 0.335 e. The Morgan fingerprint density at radius 1 is 1.29 bits per heavy atom. The number of unbranched alkanes of at least 4 members (excludes halogenated alkanes) is 2. The number of rotatable bonds is 6. The number of hydrogen-bond donors (Lipinski definition) is 1. The second-order valence-electron chi connectivity index (χ2n) is 3.36. The first-order valence-electron chi connectivity index (χ1n) is 5.25. The van der Waals surface area contributed by atoms with E-state index in [1.807, 2.05) is 6.92 Å². The summed E-state index contributed by atoms with van der Waals surface area (Å²) in [7, 11) is 0. The van der Waals surface area contributed by atoms with Gasteiger partial charge in [0.1, 0.15) is 0 Å². The molecule has 0 fully saturated rings. The SMILES string of the molecule is CCCCCOC(=O)/C(CC)=C(\C)N. The quantitative estimate of drug-likeness (QED) is 0.406. The van der Waals surface area contributed by atoms with Crippen molar-refractivity contribution in [2.75, 3.05) is 6.61 Å². The topological polar surface area (TPSA) is 52.3 Å². The molecule has 0 unspecified atom stereocenters. The van der Waals surface area contributed by atoms with Crippen LogP contribution in [0.5, 0.6) is 0 Å². The highest BCUT2D eigenvalue weighted by Crippen LogP contribution is 2.07. The van der Waals surface area contributed by atoms with Crippen molar-refractivity contribution in [2.24, 2.45) is 5.73 Å². The first-order chi connectivity index (χ1) is 6.63. The molecule has 0 aliphatic rings. The predicted octanol–water partition coefficient (Wildman–Crippen LogP) is 2.36. The average molecular weight is 199 g/mol. The second-order valence-corrected chi connectivity index (χ2v) is 3.36. The van der Waals surface area contributed by atoms with Gasteiger partial charge >= 0.3 is 5.97 Å². The third-order valence-electron chi connectivity index (χ3n) is 2.06. The largest absolute Gasteiger partial charge is 0.462 e. The number of allylic oxidation sites excluding steroid dienone is 1. The molecule has 14 heavy (non-hydrogen) atoms. The fraction of sp³-hybridized carbons (Fsp3) is 0.727. The van der Waals surface area contributed by atoms with E-state index in [-0.39, 0.29) is 5.97 Å². The number of nitrogens with two attached hydrogens (primary N) is 1. The van der Waals surface area contributed by atoms with Crippen LogP contribution in [0.3, 0.4) is 0 Å². The molecule has 82 valence electrons. The van der Waals surface area contributed by atoms with Gasteiger partial charge in [-0.1, -0.05) is 26.7 Å². The third-order valence-corrected chi connectivity index (χ3v) is 2.06. The van der Waals surface area contributed by atoms with Crippen LogP contribution in [0.2, 0.25) is 0 Å². The molecule has 0 aromatic heterocycles. The molecule has 3 heteroatoms. The van der Waals surface area contributed by atoms with Gasteiger partial charge < -0.3 is 10.5 Å².